The third-order valence-electron chi connectivity index (χ3n) is 3.25. The Kier molecular flexibility index (Phi) is 6.49. The number of nitrogens with one attached hydrogen (secondary N) is 1. The first-order valence-electron chi connectivity index (χ1n) is 7.06. The molecule has 0 aliphatic carbocycles. The molecule has 1 aromatic carbocycles. The molecule has 0 saturated carbocycles. The van der Waals surface area contributed by atoms with Crippen molar-refractivity contribution in [1.29, 1.82) is 0 Å². The molecule has 7 heteroatoms. The largest absolute Gasteiger partial charge is 0.481 e. The highest BCUT2D eigenvalue weighted by Crippen LogP contribution is 2.14. The first-order chi connectivity index (χ1) is 10.1. The quantitative estimate of drug-likeness (QED) is 0.765. The molecule has 0 saturated heterocycles. The molecule has 1 unspecified atom stereocenters. The number of sulfonamides is 1. The predicted molar refractivity (Wildman–Crippen MR) is 82.3 cm³/mol. The van der Waals surface area contributed by atoms with E-state index in [4.69, 9.17) is 5.11 Å². The molecule has 0 aliphatic rings. The van der Waals surface area contributed by atoms with Crippen LogP contribution in [0.25, 0.3) is 0 Å². The van der Waals surface area contributed by atoms with Crippen LogP contribution in [0.2, 0.25) is 0 Å². The lowest BCUT2D eigenvalue weighted by Crippen LogP contribution is -2.34. The van der Waals surface area contributed by atoms with Gasteiger partial charge in [0.1, 0.15) is 5.82 Å². The van der Waals surface area contributed by atoms with Crippen LogP contribution in [0, 0.1) is 24.6 Å². The van der Waals surface area contributed by atoms with E-state index in [-0.39, 0.29) is 18.2 Å². The molecule has 0 spiro atoms. The van der Waals surface area contributed by atoms with Crippen molar-refractivity contribution in [3.05, 3.63) is 35.1 Å². The van der Waals surface area contributed by atoms with E-state index in [9.17, 15) is 17.6 Å². The second kappa shape index (κ2) is 7.69. The van der Waals surface area contributed by atoms with Gasteiger partial charge in [-0.05, 0) is 36.5 Å². The molecule has 0 aliphatic heterocycles. The van der Waals surface area contributed by atoms with E-state index in [1.165, 1.54) is 12.1 Å². The molecule has 0 heterocycles. The second-order valence-corrected chi connectivity index (χ2v) is 7.66. The van der Waals surface area contributed by atoms with Gasteiger partial charge in [-0.25, -0.2) is 17.5 Å². The Bertz CT molecular complexity index is 628. The molecule has 0 fully saturated rings. The summed E-state index contributed by atoms with van der Waals surface area (Å²) < 4.78 is 39.7. The number of rotatable bonds is 8. The minimum atomic E-state index is -3.71. The minimum Gasteiger partial charge on any atom is -0.481 e. The fraction of sp³-hybridized carbons (Fsp3) is 0.533. The topological polar surface area (TPSA) is 83.5 Å². The number of hydrogen-bond acceptors (Lipinski definition) is 3. The molecule has 1 atom stereocenters. The number of hydrogen-bond donors (Lipinski definition) is 2. The Morgan fingerprint density at radius 1 is 1.36 bits per heavy atom. The molecule has 5 nitrogen and oxygen atoms in total. The van der Waals surface area contributed by atoms with E-state index in [0.29, 0.717) is 17.5 Å². The van der Waals surface area contributed by atoms with Gasteiger partial charge in [-0.2, -0.15) is 0 Å². The van der Waals surface area contributed by atoms with Crippen molar-refractivity contribution in [3.63, 3.8) is 0 Å². The second-order valence-electron chi connectivity index (χ2n) is 5.86. The van der Waals surface area contributed by atoms with Crippen molar-refractivity contribution >= 4 is 16.0 Å². The van der Waals surface area contributed by atoms with E-state index < -0.39 is 27.7 Å². The highest BCUT2D eigenvalue weighted by Gasteiger charge is 2.22. The fourth-order valence-electron chi connectivity index (χ4n) is 2.06. The minimum absolute atomic E-state index is 0.150. The average molecular weight is 331 g/mol. The smallest absolute Gasteiger partial charge is 0.307 e. The maximum atomic E-state index is 13.4. The Morgan fingerprint density at radius 3 is 2.50 bits per heavy atom. The number of aliphatic carboxylic acids is 1. The summed E-state index contributed by atoms with van der Waals surface area (Å²) in [6, 6.07) is 4.23. The van der Waals surface area contributed by atoms with Crippen LogP contribution in [0.1, 0.15) is 31.4 Å². The predicted octanol–water partition coefficient (Wildman–Crippen LogP) is 2.30. The van der Waals surface area contributed by atoms with Gasteiger partial charge >= 0.3 is 5.97 Å². The van der Waals surface area contributed by atoms with Crippen LogP contribution in [-0.4, -0.2) is 26.0 Å². The van der Waals surface area contributed by atoms with Crippen LogP contribution < -0.4 is 4.72 Å². The molecular weight excluding hydrogens is 309 g/mol. The van der Waals surface area contributed by atoms with Gasteiger partial charge in [0, 0.05) is 6.54 Å². The van der Waals surface area contributed by atoms with E-state index in [2.05, 4.69) is 4.72 Å². The average Bonchev–Trinajstić information content (AvgIpc) is 2.38. The lowest BCUT2D eigenvalue weighted by Gasteiger charge is -2.15. The van der Waals surface area contributed by atoms with E-state index >= 15 is 0 Å². The molecule has 124 valence electrons. The van der Waals surface area contributed by atoms with Crippen LogP contribution in [0.3, 0.4) is 0 Å². The van der Waals surface area contributed by atoms with Crippen LogP contribution in [0.4, 0.5) is 4.39 Å². The van der Waals surface area contributed by atoms with Crippen molar-refractivity contribution in [2.45, 2.75) is 32.9 Å². The Labute approximate surface area is 130 Å². The third kappa shape index (κ3) is 6.11. The number of halogens is 1. The van der Waals surface area contributed by atoms with Gasteiger partial charge in [-0.15, -0.1) is 0 Å². The summed E-state index contributed by atoms with van der Waals surface area (Å²) in [5.41, 5.74) is 0.767. The molecule has 1 aromatic rings. The van der Waals surface area contributed by atoms with Crippen LogP contribution in [-0.2, 0) is 20.6 Å². The van der Waals surface area contributed by atoms with Gasteiger partial charge in [-0.3, -0.25) is 4.79 Å². The number of aryl methyl sites for hydroxylation is 1. The van der Waals surface area contributed by atoms with Crippen LogP contribution in [0.5, 0.6) is 0 Å². The van der Waals surface area contributed by atoms with Gasteiger partial charge in [0.05, 0.1) is 11.7 Å². The summed E-state index contributed by atoms with van der Waals surface area (Å²) in [7, 11) is -3.71. The third-order valence-corrected chi connectivity index (χ3v) is 4.57. The SMILES string of the molecule is Cc1ccc(CS(=O)(=O)NCC(CC(C)C)C(=O)O)cc1F. The van der Waals surface area contributed by atoms with E-state index in [0.717, 1.165) is 0 Å². The van der Waals surface area contributed by atoms with Crippen molar-refractivity contribution in [2.75, 3.05) is 6.54 Å². The van der Waals surface area contributed by atoms with Crippen LogP contribution >= 0.6 is 0 Å². The zero-order valence-electron chi connectivity index (χ0n) is 13.0. The number of carboxylic acid groups (broad SMARTS) is 1. The van der Waals surface area contributed by atoms with Gasteiger partial charge in [0.15, 0.2) is 0 Å². The molecule has 1 rings (SSSR count). The van der Waals surface area contributed by atoms with Crippen molar-refractivity contribution in [3.8, 4) is 0 Å². The summed E-state index contributed by atoms with van der Waals surface area (Å²) in [6.45, 7) is 5.18. The summed E-state index contributed by atoms with van der Waals surface area (Å²) in [5.74, 6) is -2.49. The number of benzene rings is 1. The first-order valence-corrected chi connectivity index (χ1v) is 8.71. The van der Waals surface area contributed by atoms with Crippen molar-refractivity contribution < 1.29 is 22.7 Å². The normalized spacial score (nSPS) is 13.3. The summed E-state index contributed by atoms with van der Waals surface area (Å²) in [5, 5.41) is 9.09. The maximum absolute atomic E-state index is 13.4. The van der Waals surface area contributed by atoms with E-state index in [1.54, 1.807) is 13.0 Å². The number of carboxylic acids is 1. The zero-order valence-corrected chi connectivity index (χ0v) is 13.8. The molecule has 2 N–H and O–H groups in total. The van der Waals surface area contributed by atoms with E-state index in [1.807, 2.05) is 13.8 Å². The highest BCUT2D eigenvalue weighted by atomic mass is 32.2. The summed E-state index contributed by atoms with van der Waals surface area (Å²) in [6.07, 6.45) is 0.386. The van der Waals surface area contributed by atoms with Gasteiger partial charge < -0.3 is 5.11 Å². The molecule has 0 aromatic heterocycles. The van der Waals surface area contributed by atoms with Gasteiger partial charge in [0.2, 0.25) is 10.0 Å². The molecule has 0 bridgehead atoms. The Balaban J connectivity index is 2.70. The first kappa shape index (κ1) is 18.6. The highest BCUT2D eigenvalue weighted by molar-refractivity contribution is 7.88. The van der Waals surface area contributed by atoms with Gasteiger partial charge in [0.25, 0.3) is 0 Å². The maximum Gasteiger partial charge on any atom is 0.307 e. The summed E-state index contributed by atoms with van der Waals surface area (Å²) >= 11 is 0. The van der Waals surface area contributed by atoms with Gasteiger partial charge in [-0.1, -0.05) is 26.0 Å². The lowest BCUT2D eigenvalue weighted by molar-refractivity contribution is -0.142. The van der Waals surface area contributed by atoms with Crippen LogP contribution in [0.15, 0.2) is 18.2 Å². The lowest BCUT2D eigenvalue weighted by atomic mass is 9.98. The molecular formula is C15H22FNO4S. The zero-order chi connectivity index (χ0) is 16.9. The molecule has 0 amide bonds. The standard InChI is InChI=1S/C15H22FNO4S/c1-10(2)6-13(15(18)19)8-17-22(20,21)9-12-5-4-11(3)14(16)7-12/h4-5,7,10,13,17H,6,8-9H2,1-3H3,(H,18,19). The van der Waals surface area contributed by atoms with Crippen molar-refractivity contribution in [2.24, 2.45) is 11.8 Å². The molecule has 22 heavy (non-hydrogen) atoms. The number of carbonyl (C=O) groups is 1. The Morgan fingerprint density at radius 2 is 2.00 bits per heavy atom. The summed E-state index contributed by atoms with van der Waals surface area (Å²) in [4.78, 5) is 11.1. The monoisotopic (exact) mass is 331 g/mol. The van der Waals surface area contributed by atoms with Crippen molar-refractivity contribution in [1.82, 2.24) is 4.72 Å². The Hall–Kier alpha value is -1.47. The fourth-order valence-corrected chi connectivity index (χ4v) is 3.24. The molecule has 0 radical (unpaired) electrons.